The molecule has 0 saturated carbocycles. The molecular formula is C24H33N5O6S. The molecule has 2 aromatic rings. The average Bonchev–Trinajstić information content (AvgIpc) is 2.84. The number of carbonyl (C=O) groups is 3. The van der Waals surface area contributed by atoms with Gasteiger partial charge < -0.3 is 26.0 Å². The van der Waals surface area contributed by atoms with Gasteiger partial charge in [0.1, 0.15) is 6.04 Å². The Labute approximate surface area is 211 Å². The molecule has 1 unspecified atom stereocenters. The van der Waals surface area contributed by atoms with Crippen molar-refractivity contribution in [2.75, 3.05) is 38.6 Å². The minimum Gasteiger partial charge on any atom is -0.465 e. The first kappa shape index (κ1) is 28.6. The van der Waals surface area contributed by atoms with Crippen LogP contribution >= 0.6 is 0 Å². The number of unbranched alkanes of at least 4 members (excludes halogenated alkanes) is 1. The first-order chi connectivity index (χ1) is 17.1. The van der Waals surface area contributed by atoms with Gasteiger partial charge in [0.05, 0.1) is 4.90 Å². The van der Waals surface area contributed by atoms with Crippen LogP contribution in [0.5, 0.6) is 0 Å². The molecule has 196 valence electrons. The van der Waals surface area contributed by atoms with Gasteiger partial charge in [-0.05, 0) is 37.5 Å². The summed E-state index contributed by atoms with van der Waals surface area (Å²) in [4.78, 5) is 36.7. The van der Waals surface area contributed by atoms with Crippen molar-refractivity contribution >= 4 is 44.4 Å². The number of rotatable bonds is 14. The van der Waals surface area contributed by atoms with Gasteiger partial charge >= 0.3 is 6.09 Å². The number of hydrogen-bond donors (Lipinski definition) is 5. The number of carbonyl (C=O) groups excluding carboxylic acids is 2. The zero-order valence-corrected chi connectivity index (χ0v) is 21.2. The molecule has 0 bridgehead atoms. The van der Waals surface area contributed by atoms with Crippen LogP contribution in [0.4, 0.5) is 10.5 Å². The van der Waals surface area contributed by atoms with Crippen molar-refractivity contribution in [1.29, 1.82) is 0 Å². The van der Waals surface area contributed by atoms with Gasteiger partial charge in [0.2, 0.25) is 21.8 Å². The van der Waals surface area contributed by atoms with Crippen molar-refractivity contribution in [3.63, 3.8) is 0 Å². The van der Waals surface area contributed by atoms with Crippen LogP contribution in [0.3, 0.4) is 0 Å². The molecule has 0 spiro atoms. The molecule has 12 heteroatoms. The molecule has 11 nitrogen and oxygen atoms in total. The van der Waals surface area contributed by atoms with Crippen LogP contribution in [0.1, 0.15) is 19.3 Å². The summed E-state index contributed by atoms with van der Waals surface area (Å²) in [7, 11) is -0.109. The van der Waals surface area contributed by atoms with Crippen LogP contribution in [0.2, 0.25) is 0 Å². The number of nitrogens with one attached hydrogen (secondary N) is 4. The maximum absolute atomic E-state index is 13.0. The van der Waals surface area contributed by atoms with Crippen molar-refractivity contribution in [2.24, 2.45) is 0 Å². The van der Waals surface area contributed by atoms with E-state index in [0.717, 1.165) is 17.1 Å². The zero-order valence-electron chi connectivity index (χ0n) is 20.4. The quantitative estimate of drug-likeness (QED) is 0.187. The Morgan fingerprint density at radius 2 is 1.69 bits per heavy atom. The standard InChI is InChI=1S/C24H33N5O6S/c1-4-22(30)25-14-6-5-11-19(28-24(32)33)23(31)26-15-16-27-36(34,35)21-13-8-9-17-18(21)10-7-12-20(17)29(2)3/h4,7-10,12-13,19,27-28H,1,5-6,11,14-16H2,2-3H3,(H,25,30)(H,26,31)(H,32,33). The Morgan fingerprint density at radius 3 is 2.36 bits per heavy atom. The topological polar surface area (TPSA) is 157 Å². The number of benzene rings is 2. The molecule has 0 aliphatic heterocycles. The maximum Gasteiger partial charge on any atom is 0.405 e. The summed E-state index contributed by atoms with van der Waals surface area (Å²) in [6, 6.07) is 9.48. The molecule has 0 aliphatic carbocycles. The lowest BCUT2D eigenvalue weighted by atomic mass is 10.1. The monoisotopic (exact) mass is 519 g/mol. The second-order valence-corrected chi connectivity index (χ2v) is 9.94. The first-order valence-corrected chi connectivity index (χ1v) is 12.9. The van der Waals surface area contributed by atoms with Crippen molar-refractivity contribution < 1.29 is 27.9 Å². The third kappa shape index (κ3) is 8.24. The van der Waals surface area contributed by atoms with Gasteiger partial charge in [-0.25, -0.2) is 17.9 Å². The van der Waals surface area contributed by atoms with E-state index < -0.39 is 28.1 Å². The maximum atomic E-state index is 13.0. The molecule has 5 N–H and O–H groups in total. The lowest BCUT2D eigenvalue weighted by molar-refractivity contribution is -0.123. The number of carboxylic acid groups (broad SMARTS) is 1. The second kappa shape index (κ2) is 13.4. The van der Waals surface area contributed by atoms with Gasteiger partial charge in [0, 0.05) is 50.2 Å². The van der Waals surface area contributed by atoms with E-state index in [2.05, 4.69) is 27.3 Å². The SMILES string of the molecule is C=CC(=O)NCCCCC(NC(=O)O)C(=O)NCCNS(=O)(=O)c1cccc2c(N(C)C)cccc12. The predicted octanol–water partition coefficient (Wildman–Crippen LogP) is 1.41. The number of fused-ring (bicyclic) bond motifs is 1. The van der Waals surface area contributed by atoms with E-state index in [0.29, 0.717) is 24.8 Å². The van der Waals surface area contributed by atoms with E-state index in [-0.39, 0.29) is 30.3 Å². The molecule has 3 amide bonds. The number of nitrogens with zero attached hydrogens (tertiary/aromatic N) is 1. The van der Waals surface area contributed by atoms with Crippen molar-refractivity contribution in [3.05, 3.63) is 49.1 Å². The Morgan fingerprint density at radius 1 is 1.00 bits per heavy atom. The molecule has 0 aliphatic rings. The highest BCUT2D eigenvalue weighted by Crippen LogP contribution is 2.29. The minimum absolute atomic E-state index is 0.0288. The highest BCUT2D eigenvalue weighted by atomic mass is 32.2. The summed E-state index contributed by atoms with van der Waals surface area (Å²) < 4.78 is 28.4. The molecule has 2 aromatic carbocycles. The van der Waals surface area contributed by atoms with Crippen LogP contribution in [0.15, 0.2) is 53.9 Å². The largest absolute Gasteiger partial charge is 0.465 e. The van der Waals surface area contributed by atoms with Crippen molar-refractivity contribution in [1.82, 2.24) is 20.7 Å². The summed E-state index contributed by atoms with van der Waals surface area (Å²) >= 11 is 0. The fraction of sp³-hybridized carbons (Fsp3) is 0.375. The summed E-state index contributed by atoms with van der Waals surface area (Å²) in [6.07, 6.45) is 1.06. The van der Waals surface area contributed by atoms with E-state index in [1.54, 1.807) is 18.2 Å². The molecule has 0 heterocycles. The van der Waals surface area contributed by atoms with Gasteiger partial charge in [-0.2, -0.15) is 0 Å². The van der Waals surface area contributed by atoms with Crippen LogP contribution in [-0.4, -0.2) is 71.2 Å². The van der Waals surface area contributed by atoms with Gasteiger partial charge in [-0.15, -0.1) is 0 Å². The third-order valence-electron chi connectivity index (χ3n) is 5.37. The van der Waals surface area contributed by atoms with E-state index in [9.17, 15) is 22.8 Å². The third-order valence-corrected chi connectivity index (χ3v) is 6.88. The molecule has 0 aromatic heterocycles. The number of sulfonamides is 1. The lowest BCUT2D eigenvalue weighted by Gasteiger charge is -2.18. The van der Waals surface area contributed by atoms with Crippen LogP contribution in [0, 0.1) is 0 Å². The molecule has 0 saturated heterocycles. The van der Waals surface area contributed by atoms with Crippen molar-refractivity contribution in [3.8, 4) is 0 Å². The van der Waals surface area contributed by atoms with Gasteiger partial charge in [-0.3, -0.25) is 9.59 Å². The highest BCUT2D eigenvalue weighted by molar-refractivity contribution is 7.89. The smallest absolute Gasteiger partial charge is 0.405 e. The molecule has 1 atom stereocenters. The Kier molecular flexibility index (Phi) is 10.7. The molecule has 36 heavy (non-hydrogen) atoms. The van der Waals surface area contributed by atoms with Crippen LogP contribution in [0.25, 0.3) is 10.8 Å². The fourth-order valence-electron chi connectivity index (χ4n) is 3.64. The Hall–Kier alpha value is -3.64. The van der Waals surface area contributed by atoms with Crippen LogP contribution < -0.4 is 25.6 Å². The zero-order chi connectivity index (χ0) is 26.7. The summed E-state index contributed by atoms with van der Waals surface area (Å²) in [5.41, 5.74) is 0.886. The first-order valence-electron chi connectivity index (χ1n) is 11.4. The average molecular weight is 520 g/mol. The summed E-state index contributed by atoms with van der Waals surface area (Å²) in [5, 5.41) is 17.7. The van der Waals surface area contributed by atoms with Gasteiger partial charge in [-0.1, -0.05) is 30.8 Å². The normalized spacial score (nSPS) is 11.9. The Bertz CT molecular complexity index is 1200. The lowest BCUT2D eigenvalue weighted by Crippen LogP contribution is -2.47. The second-order valence-electron chi connectivity index (χ2n) is 8.20. The molecule has 0 radical (unpaired) electrons. The van der Waals surface area contributed by atoms with E-state index in [4.69, 9.17) is 5.11 Å². The molecular weight excluding hydrogens is 486 g/mol. The number of anilines is 1. The Balaban J connectivity index is 1.93. The molecule has 2 rings (SSSR count). The fourth-order valence-corrected chi connectivity index (χ4v) is 4.89. The van der Waals surface area contributed by atoms with Crippen molar-refractivity contribution in [2.45, 2.75) is 30.2 Å². The highest BCUT2D eigenvalue weighted by Gasteiger charge is 2.21. The van der Waals surface area contributed by atoms with E-state index in [1.165, 1.54) is 6.07 Å². The number of hydrogen-bond acceptors (Lipinski definition) is 6. The van der Waals surface area contributed by atoms with E-state index >= 15 is 0 Å². The summed E-state index contributed by atoms with van der Waals surface area (Å²) in [6.45, 7) is 3.62. The molecule has 0 fully saturated rings. The van der Waals surface area contributed by atoms with Gasteiger partial charge in [0.15, 0.2) is 0 Å². The van der Waals surface area contributed by atoms with Gasteiger partial charge in [0.25, 0.3) is 0 Å². The van der Waals surface area contributed by atoms with Crippen LogP contribution in [-0.2, 0) is 19.6 Å². The summed E-state index contributed by atoms with van der Waals surface area (Å²) in [5.74, 6) is -0.871. The minimum atomic E-state index is -3.87. The number of amides is 3. The van der Waals surface area contributed by atoms with E-state index in [1.807, 2.05) is 31.1 Å². The predicted molar refractivity (Wildman–Crippen MR) is 138 cm³/mol.